The van der Waals surface area contributed by atoms with Gasteiger partial charge in [0.1, 0.15) is 0 Å². The van der Waals surface area contributed by atoms with E-state index < -0.39 is 0 Å². The van der Waals surface area contributed by atoms with E-state index in [1.165, 1.54) is 17.8 Å². The summed E-state index contributed by atoms with van der Waals surface area (Å²) < 4.78 is 0. The summed E-state index contributed by atoms with van der Waals surface area (Å²) in [6.07, 6.45) is 1.32. The van der Waals surface area contributed by atoms with Crippen LogP contribution < -0.4 is 5.73 Å². The minimum atomic E-state index is 0.192. The van der Waals surface area contributed by atoms with Gasteiger partial charge in [-0.2, -0.15) is 0 Å². The van der Waals surface area contributed by atoms with E-state index >= 15 is 0 Å². The van der Waals surface area contributed by atoms with Crippen LogP contribution in [0.15, 0.2) is 17.5 Å². The zero-order chi connectivity index (χ0) is 10.8. The maximum absolute atomic E-state index is 6.20. The van der Waals surface area contributed by atoms with E-state index in [2.05, 4.69) is 36.3 Å². The zero-order valence-electron chi connectivity index (χ0n) is 9.52. The summed E-state index contributed by atoms with van der Waals surface area (Å²) in [5.74, 6) is 0.829. The van der Waals surface area contributed by atoms with Crippen LogP contribution in [0.1, 0.15) is 31.2 Å². The lowest BCUT2D eigenvalue weighted by atomic mass is 10.1. The van der Waals surface area contributed by atoms with Crippen LogP contribution in [-0.2, 0) is 0 Å². The Morgan fingerprint density at radius 2 is 2.40 bits per heavy atom. The van der Waals surface area contributed by atoms with Gasteiger partial charge < -0.3 is 5.73 Å². The van der Waals surface area contributed by atoms with E-state index in [0.29, 0.717) is 6.04 Å². The quantitative estimate of drug-likeness (QED) is 0.854. The fourth-order valence-corrected chi connectivity index (χ4v) is 3.21. The lowest BCUT2D eigenvalue weighted by Crippen LogP contribution is -2.34. The van der Waals surface area contributed by atoms with Crippen molar-refractivity contribution in [2.75, 3.05) is 13.1 Å². The number of hydrogen-bond donors (Lipinski definition) is 1. The Morgan fingerprint density at radius 1 is 1.60 bits per heavy atom. The fourth-order valence-electron chi connectivity index (χ4n) is 2.49. The molecule has 3 unspecified atom stereocenters. The van der Waals surface area contributed by atoms with Gasteiger partial charge in [-0.15, -0.1) is 11.3 Å². The van der Waals surface area contributed by atoms with Crippen molar-refractivity contribution in [1.29, 1.82) is 0 Å². The van der Waals surface area contributed by atoms with Crippen molar-refractivity contribution in [2.45, 2.75) is 32.4 Å². The minimum absolute atomic E-state index is 0.192. The van der Waals surface area contributed by atoms with E-state index in [1.54, 1.807) is 11.3 Å². The topological polar surface area (TPSA) is 29.3 Å². The molecule has 2 nitrogen and oxygen atoms in total. The summed E-state index contributed by atoms with van der Waals surface area (Å²) in [5.41, 5.74) is 6.20. The molecule has 1 aromatic rings. The molecule has 1 saturated heterocycles. The standard InChI is InChI=1S/C12H20N2S/c1-9-6-10(2)14(7-9)8-11(13)12-4-3-5-15-12/h3-5,9-11H,6-8,13H2,1-2H3. The molecule has 3 heteroatoms. The van der Waals surface area contributed by atoms with Crippen LogP contribution in [-0.4, -0.2) is 24.0 Å². The Labute approximate surface area is 96.1 Å². The van der Waals surface area contributed by atoms with Crippen LogP contribution in [0.25, 0.3) is 0 Å². The van der Waals surface area contributed by atoms with Crippen molar-refractivity contribution in [1.82, 2.24) is 4.90 Å². The van der Waals surface area contributed by atoms with Crippen LogP contribution >= 0.6 is 11.3 Å². The molecule has 0 amide bonds. The van der Waals surface area contributed by atoms with Crippen LogP contribution in [0, 0.1) is 5.92 Å². The molecule has 84 valence electrons. The Bertz CT molecular complexity index is 297. The molecule has 3 atom stereocenters. The van der Waals surface area contributed by atoms with Gasteiger partial charge in [-0.25, -0.2) is 0 Å². The Balaban J connectivity index is 1.92. The average molecular weight is 224 g/mol. The number of thiophene rings is 1. The summed E-state index contributed by atoms with van der Waals surface area (Å²) in [5, 5.41) is 2.10. The highest BCUT2D eigenvalue weighted by atomic mass is 32.1. The molecular weight excluding hydrogens is 204 g/mol. The molecule has 1 aliphatic heterocycles. The van der Waals surface area contributed by atoms with Gasteiger partial charge in [0.25, 0.3) is 0 Å². The first-order valence-electron chi connectivity index (χ1n) is 5.70. The summed E-state index contributed by atoms with van der Waals surface area (Å²) in [6, 6.07) is 5.11. The molecule has 2 N–H and O–H groups in total. The van der Waals surface area contributed by atoms with Gasteiger partial charge in [-0.05, 0) is 30.7 Å². The van der Waals surface area contributed by atoms with E-state index in [-0.39, 0.29) is 6.04 Å². The SMILES string of the molecule is CC1CC(C)N(CC(N)c2cccs2)C1. The average Bonchev–Trinajstić information content (AvgIpc) is 2.76. The van der Waals surface area contributed by atoms with E-state index in [0.717, 1.165) is 12.5 Å². The Hall–Kier alpha value is -0.380. The lowest BCUT2D eigenvalue weighted by molar-refractivity contribution is 0.250. The number of likely N-dealkylation sites (tertiary alicyclic amines) is 1. The van der Waals surface area contributed by atoms with Crippen molar-refractivity contribution in [3.05, 3.63) is 22.4 Å². The van der Waals surface area contributed by atoms with Crippen molar-refractivity contribution in [2.24, 2.45) is 11.7 Å². The van der Waals surface area contributed by atoms with Crippen molar-refractivity contribution < 1.29 is 0 Å². The first-order chi connectivity index (χ1) is 7.16. The zero-order valence-corrected chi connectivity index (χ0v) is 10.3. The van der Waals surface area contributed by atoms with Crippen LogP contribution in [0.3, 0.4) is 0 Å². The molecule has 0 spiro atoms. The molecule has 0 aliphatic carbocycles. The van der Waals surface area contributed by atoms with Gasteiger partial charge >= 0.3 is 0 Å². The molecule has 0 aromatic carbocycles. The molecule has 2 rings (SSSR count). The number of nitrogens with two attached hydrogens (primary N) is 1. The van der Waals surface area contributed by atoms with Gasteiger partial charge in [-0.3, -0.25) is 4.90 Å². The normalized spacial score (nSPS) is 29.5. The van der Waals surface area contributed by atoms with Crippen molar-refractivity contribution in [3.63, 3.8) is 0 Å². The molecule has 0 saturated carbocycles. The molecule has 1 fully saturated rings. The second kappa shape index (κ2) is 4.64. The summed E-state index contributed by atoms with van der Waals surface area (Å²) >= 11 is 1.76. The van der Waals surface area contributed by atoms with Crippen LogP contribution in [0.4, 0.5) is 0 Å². The second-order valence-corrected chi connectivity index (χ2v) is 5.74. The van der Waals surface area contributed by atoms with Gasteiger partial charge in [-0.1, -0.05) is 13.0 Å². The monoisotopic (exact) mass is 224 g/mol. The predicted octanol–water partition coefficient (Wildman–Crippen LogP) is 2.48. The summed E-state index contributed by atoms with van der Waals surface area (Å²) in [7, 11) is 0. The first-order valence-corrected chi connectivity index (χ1v) is 6.58. The highest BCUT2D eigenvalue weighted by Crippen LogP contribution is 2.25. The highest BCUT2D eigenvalue weighted by Gasteiger charge is 2.27. The highest BCUT2D eigenvalue weighted by molar-refractivity contribution is 7.10. The van der Waals surface area contributed by atoms with E-state index in [9.17, 15) is 0 Å². The van der Waals surface area contributed by atoms with Gasteiger partial charge in [0.05, 0.1) is 6.04 Å². The number of rotatable bonds is 3. The molecule has 0 radical (unpaired) electrons. The molecule has 2 heterocycles. The van der Waals surface area contributed by atoms with Gasteiger partial charge in [0, 0.05) is 24.0 Å². The largest absolute Gasteiger partial charge is 0.322 e. The lowest BCUT2D eigenvalue weighted by Gasteiger charge is -2.24. The Morgan fingerprint density at radius 3 is 2.93 bits per heavy atom. The first kappa shape index (κ1) is 11.1. The Kier molecular flexibility index (Phi) is 3.44. The van der Waals surface area contributed by atoms with Crippen molar-refractivity contribution in [3.8, 4) is 0 Å². The minimum Gasteiger partial charge on any atom is -0.322 e. The van der Waals surface area contributed by atoms with E-state index in [4.69, 9.17) is 5.73 Å². The van der Waals surface area contributed by atoms with Gasteiger partial charge in [0.2, 0.25) is 0 Å². The number of nitrogens with zero attached hydrogens (tertiary/aromatic N) is 1. The third-order valence-electron chi connectivity index (χ3n) is 3.25. The number of hydrogen-bond acceptors (Lipinski definition) is 3. The molecule has 1 aromatic heterocycles. The molecule has 0 bridgehead atoms. The van der Waals surface area contributed by atoms with Crippen LogP contribution in [0.5, 0.6) is 0 Å². The molecule has 1 aliphatic rings. The van der Waals surface area contributed by atoms with Gasteiger partial charge in [0.15, 0.2) is 0 Å². The van der Waals surface area contributed by atoms with Crippen molar-refractivity contribution >= 4 is 11.3 Å². The maximum Gasteiger partial charge on any atom is 0.0519 e. The third-order valence-corrected chi connectivity index (χ3v) is 4.26. The second-order valence-electron chi connectivity index (χ2n) is 4.77. The van der Waals surface area contributed by atoms with Crippen LogP contribution in [0.2, 0.25) is 0 Å². The smallest absolute Gasteiger partial charge is 0.0519 e. The predicted molar refractivity (Wildman–Crippen MR) is 66.1 cm³/mol. The summed E-state index contributed by atoms with van der Waals surface area (Å²) in [6.45, 7) is 6.85. The maximum atomic E-state index is 6.20. The third kappa shape index (κ3) is 2.60. The summed E-state index contributed by atoms with van der Waals surface area (Å²) in [4.78, 5) is 3.83. The van der Waals surface area contributed by atoms with E-state index in [1.807, 2.05) is 0 Å². The fraction of sp³-hybridized carbons (Fsp3) is 0.667. The molecular formula is C12H20N2S. The molecule has 15 heavy (non-hydrogen) atoms.